The van der Waals surface area contributed by atoms with Gasteiger partial charge in [-0.15, -0.1) is 9.24 Å². The molecule has 0 bridgehead atoms. The molecule has 0 radical (unpaired) electrons. The minimum absolute atomic E-state index is 1.14. The zero-order chi connectivity index (χ0) is 10.8. The van der Waals surface area contributed by atoms with E-state index in [9.17, 15) is 0 Å². The number of likely N-dealkylation sites (N-methyl/N-ethyl adjacent to an activating group) is 1. The molecule has 1 aromatic rings. The zero-order valence-electron chi connectivity index (χ0n) is 9.53. The fourth-order valence-electron chi connectivity index (χ4n) is 2.14. The number of hydrogen-bond donors (Lipinski definition) is 0. The van der Waals surface area contributed by atoms with Crippen molar-refractivity contribution in [3.8, 4) is 0 Å². The molecule has 82 valence electrons. The SMILES string of the molecule is Cc1cccc(P)c1N1CCN(C)CC1. The molecule has 0 spiro atoms. The second-order valence-electron chi connectivity index (χ2n) is 4.30. The smallest absolute Gasteiger partial charge is 0.0469 e. The minimum atomic E-state index is 1.14. The van der Waals surface area contributed by atoms with E-state index >= 15 is 0 Å². The van der Waals surface area contributed by atoms with Crippen molar-refractivity contribution in [2.24, 2.45) is 0 Å². The lowest BCUT2D eigenvalue weighted by atomic mass is 10.1. The van der Waals surface area contributed by atoms with E-state index in [0.717, 1.165) is 13.1 Å². The largest absolute Gasteiger partial charge is 0.368 e. The Balaban J connectivity index is 2.22. The summed E-state index contributed by atoms with van der Waals surface area (Å²) in [6.07, 6.45) is 0. The monoisotopic (exact) mass is 222 g/mol. The van der Waals surface area contributed by atoms with Crippen LogP contribution in [0.15, 0.2) is 18.2 Å². The molecular formula is C12H19N2P. The van der Waals surface area contributed by atoms with Gasteiger partial charge in [-0.05, 0) is 24.8 Å². The van der Waals surface area contributed by atoms with Gasteiger partial charge in [0.05, 0.1) is 0 Å². The summed E-state index contributed by atoms with van der Waals surface area (Å²) in [6, 6.07) is 6.49. The Morgan fingerprint density at radius 2 is 1.80 bits per heavy atom. The molecule has 2 nitrogen and oxygen atoms in total. The lowest BCUT2D eigenvalue weighted by molar-refractivity contribution is 0.313. The van der Waals surface area contributed by atoms with Crippen LogP contribution in [0.1, 0.15) is 5.56 Å². The summed E-state index contributed by atoms with van der Waals surface area (Å²) in [6.45, 7) is 6.81. The Morgan fingerprint density at radius 3 is 2.40 bits per heavy atom. The fraction of sp³-hybridized carbons (Fsp3) is 0.500. The first-order valence-electron chi connectivity index (χ1n) is 5.47. The molecule has 1 aliphatic heterocycles. The topological polar surface area (TPSA) is 6.48 Å². The van der Waals surface area contributed by atoms with E-state index in [4.69, 9.17) is 0 Å². The average Bonchev–Trinajstić information content (AvgIpc) is 2.20. The van der Waals surface area contributed by atoms with Crippen LogP contribution in [0.2, 0.25) is 0 Å². The Hall–Kier alpha value is -0.590. The van der Waals surface area contributed by atoms with E-state index < -0.39 is 0 Å². The van der Waals surface area contributed by atoms with Gasteiger partial charge in [-0.1, -0.05) is 18.2 Å². The van der Waals surface area contributed by atoms with Gasteiger partial charge in [-0.3, -0.25) is 0 Å². The van der Waals surface area contributed by atoms with Crippen molar-refractivity contribution in [3.63, 3.8) is 0 Å². The molecule has 0 saturated carbocycles. The molecule has 0 amide bonds. The van der Waals surface area contributed by atoms with E-state index in [-0.39, 0.29) is 0 Å². The van der Waals surface area contributed by atoms with Gasteiger partial charge >= 0.3 is 0 Å². The molecule has 1 aliphatic rings. The van der Waals surface area contributed by atoms with Crippen LogP contribution in [-0.2, 0) is 0 Å². The van der Waals surface area contributed by atoms with Crippen molar-refractivity contribution < 1.29 is 0 Å². The molecule has 0 aliphatic carbocycles. The summed E-state index contributed by atoms with van der Waals surface area (Å²) in [5.74, 6) is 0. The quantitative estimate of drug-likeness (QED) is 0.660. The first-order chi connectivity index (χ1) is 7.18. The van der Waals surface area contributed by atoms with Crippen LogP contribution in [0.4, 0.5) is 5.69 Å². The van der Waals surface area contributed by atoms with Gasteiger partial charge < -0.3 is 9.80 Å². The molecule has 3 heteroatoms. The fourth-order valence-corrected chi connectivity index (χ4v) is 2.67. The number of benzene rings is 1. The van der Waals surface area contributed by atoms with Crippen molar-refractivity contribution in [3.05, 3.63) is 23.8 Å². The van der Waals surface area contributed by atoms with Crippen molar-refractivity contribution >= 4 is 20.2 Å². The summed E-state index contributed by atoms with van der Waals surface area (Å²) in [4.78, 5) is 4.88. The molecule has 2 rings (SSSR count). The number of aryl methyl sites for hydroxylation is 1. The van der Waals surface area contributed by atoms with Gasteiger partial charge in [0.1, 0.15) is 0 Å². The number of hydrogen-bond acceptors (Lipinski definition) is 2. The summed E-state index contributed by atoms with van der Waals surface area (Å²) < 4.78 is 0. The van der Waals surface area contributed by atoms with Crippen LogP contribution >= 0.6 is 9.24 Å². The predicted octanol–water partition coefficient (Wildman–Crippen LogP) is 1.25. The molecule has 1 aromatic carbocycles. The van der Waals surface area contributed by atoms with E-state index in [1.54, 1.807) is 0 Å². The molecule has 1 saturated heterocycles. The molecule has 15 heavy (non-hydrogen) atoms. The number of piperazine rings is 1. The van der Waals surface area contributed by atoms with Crippen LogP contribution < -0.4 is 10.2 Å². The third-order valence-electron chi connectivity index (χ3n) is 3.09. The summed E-state index contributed by atoms with van der Waals surface area (Å²) >= 11 is 0. The molecule has 0 N–H and O–H groups in total. The molecule has 1 heterocycles. The van der Waals surface area contributed by atoms with E-state index in [1.807, 2.05) is 0 Å². The second-order valence-corrected chi connectivity index (χ2v) is 4.93. The highest BCUT2D eigenvalue weighted by Crippen LogP contribution is 2.20. The van der Waals surface area contributed by atoms with Crippen LogP contribution in [0.25, 0.3) is 0 Å². The lowest BCUT2D eigenvalue weighted by Crippen LogP contribution is -2.45. The van der Waals surface area contributed by atoms with Crippen molar-refractivity contribution in [1.29, 1.82) is 0 Å². The Bertz CT molecular complexity index is 323. The average molecular weight is 222 g/mol. The van der Waals surface area contributed by atoms with Gasteiger partial charge in [0.2, 0.25) is 0 Å². The highest BCUT2D eigenvalue weighted by Gasteiger charge is 2.16. The predicted molar refractivity (Wildman–Crippen MR) is 70.2 cm³/mol. The van der Waals surface area contributed by atoms with E-state index in [2.05, 4.69) is 51.2 Å². The maximum absolute atomic E-state index is 2.85. The molecule has 1 unspecified atom stereocenters. The van der Waals surface area contributed by atoms with Gasteiger partial charge in [-0.2, -0.15) is 0 Å². The van der Waals surface area contributed by atoms with Crippen LogP contribution in [-0.4, -0.2) is 38.1 Å². The summed E-state index contributed by atoms with van der Waals surface area (Å²) in [5, 5.41) is 1.32. The van der Waals surface area contributed by atoms with E-state index in [1.165, 1.54) is 29.6 Å². The van der Waals surface area contributed by atoms with Crippen LogP contribution in [0.3, 0.4) is 0 Å². The number of para-hydroxylation sites is 1. The highest BCUT2D eigenvalue weighted by atomic mass is 31.0. The third kappa shape index (κ3) is 2.32. The summed E-state index contributed by atoms with van der Waals surface area (Å²) in [7, 11) is 5.04. The highest BCUT2D eigenvalue weighted by molar-refractivity contribution is 7.28. The molecule has 1 fully saturated rings. The Labute approximate surface area is 94.5 Å². The lowest BCUT2D eigenvalue weighted by Gasteiger charge is -2.35. The van der Waals surface area contributed by atoms with E-state index in [0.29, 0.717) is 0 Å². The van der Waals surface area contributed by atoms with Crippen molar-refractivity contribution in [1.82, 2.24) is 4.90 Å². The number of rotatable bonds is 1. The molecular weight excluding hydrogens is 203 g/mol. The standard InChI is InChI=1S/C12H19N2P/c1-10-4-3-5-11(15)12(10)14-8-6-13(2)7-9-14/h3-5H,6-9,15H2,1-2H3. The summed E-state index contributed by atoms with van der Waals surface area (Å²) in [5.41, 5.74) is 2.79. The molecule has 1 atom stereocenters. The zero-order valence-corrected chi connectivity index (χ0v) is 10.7. The first-order valence-corrected chi connectivity index (χ1v) is 6.05. The first kappa shape index (κ1) is 10.9. The number of nitrogens with zero attached hydrogens (tertiary/aromatic N) is 2. The maximum atomic E-state index is 2.85. The Morgan fingerprint density at radius 1 is 1.13 bits per heavy atom. The number of anilines is 1. The van der Waals surface area contributed by atoms with Crippen molar-refractivity contribution in [2.75, 3.05) is 38.1 Å². The van der Waals surface area contributed by atoms with Crippen molar-refractivity contribution in [2.45, 2.75) is 6.92 Å². The second kappa shape index (κ2) is 4.51. The van der Waals surface area contributed by atoms with Gasteiger partial charge in [0.15, 0.2) is 0 Å². The van der Waals surface area contributed by atoms with Crippen LogP contribution in [0, 0.1) is 6.92 Å². The third-order valence-corrected chi connectivity index (χ3v) is 3.55. The molecule has 0 aromatic heterocycles. The van der Waals surface area contributed by atoms with Gasteiger partial charge in [0, 0.05) is 31.9 Å². The van der Waals surface area contributed by atoms with Gasteiger partial charge in [-0.25, -0.2) is 0 Å². The maximum Gasteiger partial charge on any atom is 0.0469 e. The minimum Gasteiger partial charge on any atom is -0.368 e. The van der Waals surface area contributed by atoms with Gasteiger partial charge in [0.25, 0.3) is 0 Å². The normalized spacial score (nSPS) is 18.2. The Kier molecular flexibility index (Phi) is 3.28. The van der Waals surface area contributed by atoms with Crippen LogP contribution in [0.5, 0.6) is 0 Å².